The molecule has 17 nitrogen and oxygen atoms in total. The SMILES string of the molecule is CC[C@H]1OC(=O)[C@H](C)[C@@H](O[C@H]2C[C@@](C)(OC)[C@](O)(CNCC3CCC(=O)N3)[C@H](C)O2)[C@H](C)[C@@H](O[C@@H]2O[C@H](C)C[C@H]3[C@H]2OC(C(F)(F)F)N3C)[C@](C)(O)C[C@@H](C)CN[C@H](C)[C@@H](O)[C@]1(C)O. The van der Waals surface area contributed by atoms with Gasteiger partial charge in [0.1, 0.15) is 35.1 Å². The molecule has 0 aromatic carbocycles. The number of fused-ring (bicyclic) bond motifs is 1. The molecular weight excluding hydrogens is 849 g/mol. The number of amides is 1. The van der Waals surface area contributed by atoms with Gasteiger partial charge in [0.15, 0.2) is 12.6 Å². The number of carbonyl (C=O) groups is 2. The molecule has 0 bridgehead atoms. The quantitative estimate of drug-likeness (QED) is 0.156. The zero-order chi connectivity index (χ0) is 47.9. The van der Waals surface area contributed by atoms with Crippen molar-refractivity contribution in [3.63, 3.8) is 0 Å². The van der Waals surface area contributed by atoms with Crippen LogP contribution in [0.5, 0.6) is 0 Å². The number of cyclic esters (lactones) is 1. The monoisotopic (exact) mass is 927 g/mol. The number of aliphatic hydroxyl groups is 4. The number of aliphatic hydroxyl groups excluding tert-OH is 1. The van der Waals surface area contributed by atoms with Crippen LogP contribution in [0.4, 0.5) is 13.2 Å². The molecule has 64 heavy (non-hydrogen) atoms. The zero-order valence-corrected chi connectivity index (χ0v) is 39.6. The van der Waals surface area contributed by atoms with Gasteiger partial charge in [0.05, 0.1) is 35.9 Å². The first-order valence-corrected chi connectivity index (χ1v) is 23.0. The van der Waals surface area contributed by atoms with Crippen LogP contribution in [0.15, 0.2) is 0 Å². The summed E-state index contributed by atoms with van der Waals surface area (Å²) in [4.78, 5) is 27.4. The highest BCUT2D eigenvalue weighted by molar-refractivity contribution is 5.78. The molecule has 7 N–H and O–H groups in total. The molecule has 0 radical (unpaired) electrons. The van der Waals surface area contributed by atoms with Gasteiger partial charge < -0.3 is 69.5 Å². The molecule has 20 atom stereocenters. The summed E-state index contributed by atoms with van der Waals surface area (Å²) in [6.45, 7) is 17.3. The summed E-state index contributed by atoms with van der Waals surface area (Å²) >= 11 is 0. The van der Waals surface area contributed by atoms with E-state index in [2.05, 4.69) is 16.0 Å². The van der Waals surface area contributed by atoms with Crippen molar-refractivity contribution in [3.8, 4) is 0 Å². The van der Waals surface area contributed by atoms with Gasteiger partial charge in [-0.25, -0.2) is 0 Å². The predicted octanol–water partition coefficient (Wildman–Crippen LogP) is 2.09. The van der Waals surface area contributed by atoms with Crippen molar-refractivity contribution >= 4 is 11.9 Å². The molecule has 0 saturated carbocycles. The van der Waals surface area contributed by atoms with E-state index in [1.54, 1.807) is 55.4 Å². The fourth-order valence-corrected chi connectivity index (χ4v) is 10.8. The van der Waals surface area contributed by atoms with Gasteiger partial charge in [0.2, 0.25) is 12.1 Å². The predicted molar refractivity (Wildman–Crippen MR) is 225 cm³/mol. The second kappa shape index (κ2) is 20.4. The zero-order valence-electron chi connectivity index (χ0n) is 39.6. The van der Waals surface area contributed by atoms with Crippen LogP contribution in [0.2, 0.25) is 0 Å². The minimum Gasteiger partial charge on any atom is -0.459 e. The number of halogens is 3. The highest BCUT2D eigenvalue weighted by atomic mass is 19.4. The number of likely N-dealkylation sites (N-methyl/N-ethyl adjacent to an activating group) is 1. The molecule has 1 amide bonds. The fourth-order valence-electron chi connectivity index (χ4n) is 10.8. The van der Waals surface area contributed by atoms with E-state index >= 15 is 0 Å². The van der Waals surface area contributed by atoms with E-state index in [0.717, 1.165) is 4.90 Å². The molecule has 372 valence electrons. The lowest BCUT2D eigenvalue weighted by molar-refractivity contribution is -0.336. The first-order valence-electron chi connectivity index (χ1n) is 23.0. The largest absolute Gasteiger partial charge is 0.459 e. The lowest BCUT2D eigenvalue weighted by Crippen LogP contribution is -2.70. The van der Waals surface area contributed by atoms with Gasteiger partial charge in [0, 0.05) is 57.1 Å². The van der Waals surface area contributed by atoms with Gasteiger partial charge in [-0.1, -0.05) is 20.8 Å². The number of carbonyl (C=O) groups excluding carboxylic acids is 2. The van der Waals surface area contributed by atoms with Crippen molar-refractivity contribution in [2.75, 3.05) is 33.8 Å². The number of nitrogens with one attached hydrogen (secondary N) is 3. The second-order valence-electron chi connectivity index (χ2n) is 20.2. The Balaban J connectivity index is 1.53. The average molecular weight is 927 g/mol. The summed E-state index contributed by atoms with van der Waals surface area (Å²) in [6, 6.07) is -1.53. The number of hydrogen-bond donors (Lipinski definition) is 7. The lowest BCUT2D eigenvalue weighted by atomic mass is 9.75. The molecule has 0 spiro atoms. The number of methoxy groups -OCH3 is 1. The van der Waals surface area contributed by atoms with E-state index in [1.807, 2.05) is 6.92 Å². The van der Waals surface area contributed by atoms with Crippen molar-refractivity contribution in [3.05, 3.63) is 0 Å². The van der Waals surface area contributed by atoms with Crippen molar-refractivity contribution in [1.82, 2.24) is 20.9 Å². The fraction of sp³-hybridized carbons (Fsp3) is 0.955. The first kappa shape index (κ1) is 53.2. The first-order chi connectivity index (χ1) is 29.6. The number of ether oxygens (including phenoxy) is 7. The van der Waals surface area contributed by atoms with Crippen LogP contribution >= 0.6 is 0 Å². The average Bonchev–Trinajstić information content (AvgIpc) is 3.79. The summed E-state index contributed by atoms with van der Waals surface area (Å²) in [7, 11) is 2.80. The summed E-state index contributed by atoms with van der Waals surface area (Å²) in [5.41, 5.74) is -6.60. The standard InChI is InChI=1S/C44H77F3N4O13/c1-13-30-42(10,56)35(53)26(6)49-19-22(2)17-40(8,55)36(64-38-34-29(16-23(3)59-38)51(11)39(63-34)44(45,46)47)24(4)33(25(5)37(54)61-30)62-32-18-41(9,58-12)43(57,27(7)60-32)21-48-20-28-14-15-31(52)50-28/h22-30,32-36,38-39,48-49,53,55-57H,13-21H2,1-12H3,(H,50,52)/t22-,23-,24+,25-,26-,27+,28?,29+,30-,32+,33+,34-,35-,36-,38+,39?,40-,41-,42-,43+/m1/s1. The smallest absolute Gasteiger partial charge is 0.428 e. The molecule has 0 aromatic heterocycles. The van der Waals surface area contributed by atoms with Gasteiger partial charge in [-0.15, -0.1) is 0 Å². The van der Waals surface area contributed by atoms with Crippen molar-refractivity contribution in [2.24, 2.45) is 17.8 Å². The molecule has 5 aliphatic heterocycles. The number of alkyl halides is 3. The third-order valence-electron chi connectivity index (χ3n) is 14.8. The molecule has 5 aliphatic rings. The van der Waals surface area contributed by atoms with Gasteiger partial charge in [-0.05, 0) is 93.7 Å². The van der Waals surface area contributed by atoms with E-state index in [0.29, 0.717) is 19.4 Å². The molecular formula is C44H77F3N4O13. The maximum Gasteiger partial charge on any atom is 0.428 e. The van der Waals surface area contributed by atoms with E-state index in [4.69, 9.17) is 33.2 Å². The van der Waals surface area contributed by atoms with Crippen molar-refractivity contribution in [2.45, 2.75) is 216 Å². The molecule has 5 saturated heterocycles. The molecule has 5 heterocycles. The van der Waals surface area contributed by atoms with Crippen LogP contribution in [0, 0.1) is 17.8 Å². The van der Waals surface area contributed by atoms with Crippen LogP contribution in [-0.4, -0.2) is 179 Å². The topological polar surface area (TPSA) is 219 Å². The summed E-state index contributed by atoms with van der Waals surface area (Å²) in [6.07, 6.45) is -15.8. The van der Waals surface area contributed by atoms with Crippen molar-refractivity contribution < 1.29 is 76.3 Å². The van der Waals surface area contributed by atoms with Gasteiger partial charge in [-0.2, -0.15) is 13.2 Å². The maximum atomic E-state index is 14.5. The van der Waals surface area contributed by atoms with E-state index in [9.17, 15) is 43.2 Å². The maximum absolute atomic E-state index is 14.5. The van der Waals surface area contributed by atoms with Gasteiger partial charge in [-0.3, -0.25) is 14.5 Å². The third kappa shape index (κ3) is 11.2. The normalized spacial score (nSPS) is 48.2. The lowest BCUT2D eigenvalue weighted by Gasteiger charge is -2.53. The van der Waals surface area contributed by atoms with Gasteiger partial charge >= 0.3 is 12.1 Å². The Bertz CT molecular complexity index is 1580. The van der Waals surface area contributed by atoms with E-state index in [1.165, 1.54) is 21.1 Å². The molecule has 0 aliphatic carbocycles. The number of rotatable bonds is 10. The minimum absolute atomic E-state index is 0.0310. The Morgan fingerprint density at radius 3 is 2.25 bits per heavy atom. The van der Waals surface area contributed by atoms with Crippen LogP contribution in [0.25, 0.3) is 0 Å². The third-order valence-corrected chi connectivity index (χ3v) is 14.8. The second-order valence-corrected chi connectivity index (χ2v) is 20.2. The Labute approximate surface area is 376 Å². The Morgan fingerprint density at radius 1 is 0.984 bits per heavy atom. The summed E-state index contributed by atoms with van der Waals surface area (Å²) < 4.78 is 86.7. The number of hydrogen-bond acceptors (Lipinski definition) is 16. The van der Waals surface area contributed by atoms with E-state index in [-0.39, 0.29) is 56.6 Å². The van der Waals surface area contributed by atoms with Crippen LogP contribution in [0.3, 0.4) is 0 Å². The molecule has 0 aromatic rings. The van der Waals surface area contributed by atoms with E-state index < -0.39 is 120 Å². The number of nitrogens with zero attached hydrogens (tertiary/aromatic N) is 1. The highest BCUT2D eigenvalue weighted by Crippen LogP contribution is 2.45. The highest BCUT2D eigenvalue weighted by Gasteiger charge is 2.61. The summed E-state index contributed by atoms with van der Waals surface area (Å²) in [5.74, 6) is -3.31. The summed E-state index contributed by atoms with van der Waals surface area (Å²) in [5, 5.41) is 57.5. The Morgan fingerprint density at radius 2 is 1.66 bits per heavy atom. The molecule has 5 fully saturated rings. The Hall–Kier alpha value is -1.79. The molecule has 5 rings (SSSR count). The Kier molecular flexibility index (Phi) is 17.0. The van der Waals surface area contributed by atoms with Crippen LogP contribution in [0.1, 0.15) is 108 Å². The van der Waals surface area contributed by atoms with Crippen LogP contribution < -0.4 is 16.0 Å². The minimum atomic E-state index is -4.71. The molecule has 20 heteroatoms. The number of esters is 1. The van der Waals surface area contributed by atoms with Gasteiger partial charge in [0.25, 0.3) is 0 Å². The molecule has 2 unspecified atom stereocenters. The van der Waals surface area contributed by atoms with Crippen LogP contribution in [-0.2, 0) is 42.7 Å². The van der Waals surface area contributed by atoms with Crippen molar-refractivity contribution in [1.29, 1.82) is 0 Å².